The summed E-state index contributed by atoms with van der Waals surface area (Å²) >= 11 is 1.79. The number of methoxy groups -OCH3 is 1. The largest absolute Gasteiger partial charge is 0.497 e. The van der Waals surface area contributed by atoms with Crippen LogP contribution in [0.5, 0.6) is 5.75 Å². The standard InChI is InChI=1S/C25H24N2O2S/c1-29-19-13-11-18(12-14-19)24-23-20-9-5-6-10-21(20)30-25(23)27(22(28)15-26-24)16-17-7-3-2-4-8-17/h2-4,7-8,11-14H,5-6,9-10,15-16H2,1H3. The molecule has 30 heavy (non-hydrogen) atoms. The molecule has 0 spiro atoms. The molecule has 4 nitrogen and oxygen atoms in total. The Kier molecular flexibility index (Phi) is 5.13. The van der Waals surface area contributed by atoms with Crippen LogP contribution in [0.2, 0.25) is 0 Å². The zero-order valence-corrected chi connectivity index (χ0v) is 17.9. The number of aliphatic imine (C=N–C) groups is 1. The van der Waals surface area contributed by atoms with Crippen molar-refractivity contribution in [3.63, 3.8) is 0 Å². The summed E-state index contributed by atoms with van der Waals surface area (Å²) in [5.74, 6) is 0.879. The fourth-order valence-corrected chi connectivity index (χ4v) is 5.73. The molecule has 5 heteroatoms. The molecule has 0 fully saturated rings. The van der Waals surface area contributed by atoms with Crippen molar-refractivity contribution in [3.8, 4) is 5.75 Å². The average Bonchev–Trinajstić information content (AvgIpc) is 3.11. The Morgan fingerprint density at radius 2 is 1.80 bits per heavy atom. The summed E-state index contributed by atoms with van der Waals surface area (Å²) < 4.78 is 5.33. The van der Waals surface area contributed by atoms with E-state index in [1.54, 1.807) is 18.4 Å². The second-order valence-electron chi connectivity index (χ2n) is 7.75. The Balaban J connectivity index is 1.64. The molecular formula is C25H24N2O2S. The monoisotopic (exact) mass is 416 g/mol. The maximum Gasteiger partial charge on any atom is 0.249 e. The van der Waals surface area contributed by atoms with Gasteiger partial charge in [-0.15, -0.1) is 11.3 Å². The van der Waals surface area contributed by atoms with Crippen LogP contribution in [-0.2, 0) is 24.2 Å². The number of amides is 1. The molecule has 0 saturated heterocycles. The first kappa shape index (κ1) is 19.1. The number of aryl methyl sites for hydroxylation is 1. The fraction of sp³-hybridized carbons (Fsp3) is 0.280. The maximum absolute atomic E-state index is 13.2. The minimum absolute atomic E-state index is 0.0576. The number of anilines is 1. The number of thiophene rings is 1. The van der Waals surface area contributed by atoms with Crippen LogP contribution < -0.4 is 9.64 Å². The van der Waals surface area contributed by atoms with Crippen LogP contribution in [0.1, 0.15) is 40.0 Å². The maximum atomic E-state index is 13.2. The van der Waals surface area contributed by atoms with Crippen LogP contribution >= 0.6 is 11.3 Å². The molecule has 0 unspecified atom stereocenters. The van der Waals surface area contributed by atoms with Crippen molar-refractivity contribution in [3.05, 3.63) is 81.7 Å². The molecule has 0 bridgehead atoms. The zero-order chi connectivity index (χ0) is 20.5. The molecule has 2 aromatic carbocycles. The summed E-state index contributed by atoms with van der Waals surface area (Å²) in [6, 6.07) is 18.2. The summed E-state index contributed by atoms with van der Waals surface area (Å²) in [5, 5.41) is 1.06. The minimum atomic E-state index is 0.0576. The second kappa shape index (κ2) is 8.07. The van der Waals surface area contributed by atoms with E-state index in [9.17, 15) is 4.79 Å². The van der Waals surface area contributed by atoms with E-state index in [0.717, 1.165) is 40.4 Å². The highest BCUT2D eigenvalue weighted by atomic mass is 32.1. The topological polar surface area (TPSA) is 41.9 Å². The van der Waals surface area contributed by atoms with E-state index in [2.05, 4.69) is 12.1 Å². The number of rotatable bonds is 4. The van der Waals surface area contributed by atoms with Crippen LogP contribution in [0.25, 0.3) is 0 Å². The normalized spacial score (nSPS) is 15.8. The number of hydrogen-bond donors (Lipinski definition) is 0. The number of hydrogen-bond acceptors (Lipinski definition) is 4. The molecule has 1 aromatic heterocycles. The van der Waals surface area contributed by atoms with Gasteiger partial charge in [-0.05, 0) is 61.1 Å². The molecule has 3 aromatic rings. The Hall–Kier alpha value is -2.92. The zero-order valence-electron chi connectivity index (χ0n) is 17.1. The number of carbonyl (C=O) groups is 1. The summed E-state index contributed by atoms with van der Waals surface area (Å²) in [4.78, 5) is 21.4. The highest BCUT2D eigenvalue weighted by molar-refractivity contribution is 7.17. The number of nitrogens with zero attached hydrogens (tertiary/aromatic N) is 2. The van der Waals surface area contributed by atoms with Crippen molar-refractivity contribution >= 4 is 28.0 Å². The lowest BCUT2D eigenvalue weighted by Gasteiger charge is -2.21. The SMILES string of the molecule is COc1ccc(C2=NCC(=O)N(Cc3ccccc3)c3sc4c(c32)CCCC4)cc1. The van der Waals surface area contributed by atoms with Gasteiger partial charge in [0.15, 0.2) is 0 Å². The van der Waals surface area contributed by atoms with Gasteiger partial charge in [-0.2, -0.15) is 0 Å². The van der Waals surface area contributed by atoms with Crippen molar-refractivity contribution in [1.29, 1.82) is 0 Å². The lowest BCUT2D eigenvalue weighted by Crippen LogP contribution is -2.31. The van der Waals surface area contributed by atoms with Crippen molar-refractivity contribution in [1.82, 2.24) is 0 Å². The number of benzene rings is 2. The molecular weight excluding hydrogens is 392 g/mol. The van der Waals surface area contributed by atoms with E-state index in [4.69, 9.17) is 9.73 Å². The highest BCUT2D eigenvalue weighted by Crippen LogP contribution is 2.43. The van der Waals surface area contributed by atoms with Crippen LogP contribution in [0.4, 0.5) is 5.00 Å². The number of carbonyl (C=O) groups excluding carboxylic acids is 1. The third-order valence-corrected chi connectivity index (χ3v) is 7.17. The number of fused-ring (bicyclic) bond motifs is 3. The Morgan fingerprint density at radius 3 is 2.57 bits per heavy atom. The Bertz CT molecular complexity index is 1100. The molecule has 0 radical (unpaired) electrons. The molecule has 152 valence electrons. The Morgan fingerprint density at radius 1 is 1.03 bits per heavy atom. The van der Waals surface area contributed by atoms with Crippen LogP contribution in [0.15, 0.2) is 59.6 Å². The molecule has 0 N–H and O–H groups in total. The third kappa shape index (κ3) is 3.43. The summed E-state index contributed by atoms with van der Waals surface area (Å²) in [5.41, 5.74) is 5.68. The van der Waals surface area contributed by atoms with Crippen LogP contribution in [0, 0.1) is 0 Å². The van der Waals surface area contributed by atoms with Crippen LogP contribution in [-0.4, -0.2) is 25.3 Å². The van der Waals surface area contributed by atoms with E-state index in [1.807, 2.05) is 47.4 Å². The fourth-order valence-electron chi connectivity index (χ4n) is 4.32. The van der Waals surface area contributed by atoms with Gasteiger partial charge < -0.3 is 4.74 Å². The highest BCUT2D eigenvalue weighted by Gasteiger charge is 2.32. The Labute approximate surface area is 180 Å². The van der Waals surface area contributed by atoms with Gasteiger partial charge in [0.1, 0.15) is 17.3 Å². The first-order valence-corrected chi connectivity index (χ1v) is 11.2. The predicted octanol–water partition coefficient (Wildman–Crippen LogP) is 5.02. The molecule has 0 atom stereocenters. The van der Waals surface area contributed by atoms with E-state index < -0.39 is 0 Å². The third-order valence-electron chi connectivity index (χ3n) is 5.86. The first-order valence-electron chi connectivity index (χ1n) is 10.4. The van der Waals surface area contributed by atoms with Crippen molar-refractivity contribution in [2.75, 3.05) is 18.6 Å². The predicted molar refractivity (Wildman–Crippen MR) is 122 cm³/mol. The number of ether oxygens (including phenoxy) is 1. The van der Waals surface area contributed by atoms with Crippen molar-refractivity contribution in [2.45, 2.75) is 32.2 Å². The van der Waals surface area contributed by atoms with Gasteiger partial charge in [0.2, 0.25) is 5.91 Å². The van der Waals surface area contributed by atoms with Gasteiger partial charge in [0.05, 0.1) is 19.4 Å². The van der Waals surface area contributed by atoms with E-state index in [1.165, 1.54) is 28.8 Å². The van der Waals surface area contributed by atoms with Gasteiger partial charge in [0.25, 0.3) is 0 Å². The van der Waals surface area contributed by atoms with Gasteiger partial charge in [-0.3, -0.25) is 14.7 Å². The smallest absolute Gasteiger partial charge is 0.249 e. The molecule has 2 aliphatic rings. The second-order valence-corrected chi connectivity index (χ2v) is 8.83. The van der Waals surface area contributed by atoms with E-state index >= 15 is 0 Å². The summed E-state index contributed by atoms with van der Waals surface area (Å²) in [6.07, 6.45) is 4.56. The lowest BCUT2D eigenvalue weighted by molar-refractivity contribution is -0.117. The van der Waals surface area contributed by atoms with Gasteiger partial charge >= 0.3 is 0 Å². The lowest BCUT2D eigenvalue weighted by atomic mass is 9.91. The first-order chi connectivity index (χ1) is 14.7. The average molecular weight is 417 g/mol. The molecule has 0 saturated carbocycles. The molecule has 2 heterocycles. The summed E-state index contributed by atoms with van der Waals surface area (Å²) in [6.45, 7) is 0.752. The van der Waals surface area contributed by atoms with Gasteiger partial charge in [0, 0.05) is 16.0 Å². The minimum Gasteiger partial charge on any atom is -0.497 e. The molecule has 1 aliphatic carbocycles. The van der Waals surface area contributed by atoms with Crippen molar-refractivity contribution in [2.24, 2.45) is 4.99 Å². The van der Waals surface area contributed by atoms with Crippen molar-refractivity contribution < 1.29 is 9.53 Å². The van der Waals surface area contributed by atoms with Gasteiger partial charge in [-0.1, -0.05) is 30.3 Å². The van der Waals surface area contributed by atoms with E-state index in [-0.39, 0.29) is 12.5 Å². The summed E-state index contributed by atoms with van der Waals surface area (Å²) in [7, 11) is 1.67. The van der Waals surface area contributed by atoms with E-state index in [0.29, 0.717) is 6.54 Å². The van der Waals surface area contributed by atoms with Gasteiger partial charge in [-0.25, -0.2) is 0 Å². The molecule has 1 aliphatic heterocycles. The van der Waals surface area contributed by atoms with Crippen LogP contribution in [0.3, 0.4) is 0 Å². The molecule has 1 amide bonds. The molecule has 5 rings (SSSR count). The quantitative estimate of drug-likeness (QED) is 0.599.